The van der Waals surface area contributed by atoms with Gasteiger partial charge in [-0.3, -0.25) is 4.79 Å². The predicted molar refractivity (Wildman–Crippen MR) is 95.7 cm³/mol. The first-order valence-corrected chi connectivity index (χ1v) is 10.0. The molecule has 1 aliphatic heterocycles. The third-order valence-electron chi connectivity index (χ3n) is 4.30. The van der Waals surface area contributed by atoms with Gasteiger partial charge in [0, 0.05) is 25.2 Å². The third kappa shape index (κ3) is 4.85. The molecule has 1 fully saturated rings. The summed E-state index contributed by atoms with van der Waals surface area (Å²) in [7, 11) is -0.116. The second kappa shape index (κ2) is 8.53. The van der Waals surface area contributed by atoms with Crippen molar-refractivity contribution in [1.29, 1.82) is 0 Å². The van der Waals surface area contributed by atoms with E-state index in [1.54, 1.807) is 25.3 Å². The molecule has 2 rings (SSSR count). The summed E-state index contributed by atoms with van der Waals surface area (Å²) < 4.78 is 36.1. The summed E-state index contributed by atoms with van der Waals surface area (Å²) in [6, 6.07) is 4.98. The Kier molecular flexibility index (Phi) is 6.66. The minimum Gasteiger partial charge on any atom is -0.497 e. The van der Waals surface area contributed by atoms with Crippen LogP contribution in [0.3, 0.4) is 0 Å². The summed E-state index contributed by atoms with van der Waals surface area (Å²) in [5, 5.41) is 2.97. The Hall–Kier alpha value is -1.80. The molecule has 7 nitrogen and oxygen atoms in total. The number of amides is 1. The number of ether oxygens (including phenoxy) is 2. The number of nitrogens with one attached hydrogen (secondary N) is 1. The topological polar surface area (TPSA) is 84.9 Å². The zero-order valence-electron chi connectivity index (χ0n) is 14.9. The molecule has 0 spiro atoms. The van der Waals surface area contributed by atoms with Gasteiger partial charge in [-0.15, -0.1) is 0 Å². The highest BCUT2D eigenvalue weighted by Crippen LogP contribution is 2.25. The van der Waals surface area contributed by atoms with Crippen LogP contribution in [0.15, 0.2) is 18.2 Å². The summed E-state index contributed by atoms with van der Waals surface area (Å²) in [5.74, 6) is 1.00. The van der Waals surface area contributed by atoms with Crippen molar-refractivity contribution in [3.05, 3.63) is 23.8 Å². The third-order valence-corrected chi connectivity index (χ3v) is 6.37. The molecule has 0 aromatic heterocycles. The molecule has 0 bridgehead atoms. The Morgan fingerprint density at radius 2 is 1.92 bits per heavy atom. The number of piperidine rings is 1. The molecule has 1 saturated heterocycles. The summed E-state index contributed by atoms with van der Waals surface area (Å²) >= 11 is 0. The molecule has 1 heterocycles. The fourth-order valence-electron chi connectivity index (χ4n) is 2.91. The zero-order chi connectivity index (χ0) is 18.4. The number of nitrogens with zero attached hydrogens (tertiary/aromatic N) is 1. The van der Waals surface area contributed by atoms with Gasteiger partial charge < -0.3 is 14.8 Å². The summed E-state index contributed by atoms with van der Waals surface area (Å²) in [6.07, 6.45) is 1.82. The van der Waals surface area contributed by atoms with Crippen molar-refractivity contribution < 1.29 is 22.7 Å². The quantitative estimate of drug-likeness (QED) is 0.789. The van der Waals surface area contributed by atoms with E-state index in [4.69, 9.17) is 9.47 Å². The zero-order valence-corrected chi connectivity index (χ0v) is 15.8. The number of benzene rings is 1. The van der Waals surface area contributed by atoms with Gasteiger partial charge in [-0.25, -0.2) is 12.7 Å². The molecule has 1 N–H and O–H groups in total. The van der Waals surface area contributed by atoms with Crippen LogP contribution in [-0.4, -0.2) is 57.7 Å². The Morgan fingerprint density at radius 3 is 2.48 bits per heavy atom. The highest BCUT2D eigenvalue weighted by atomic mass is 32.2. The maximum atomic E-state index is 12.5. The van der Waals surface area contributed by atoms with Crippen LogP contribution in [0.5, 0.6) is 11.5 Å². The van der Waals surface area contributed by atoms with Crippen LogP contribution in [0.1, 0.15) is 36.5 Å². The Labute approximate surface area is 149 Å². The normalized spacial score (nSPS) is 16.4. The molecule has 8 heteroatoms. The fourth-order valence-corrected chi connectivity index (χ4v) is 4.46. The Morgan fingerprint density at radius 1 is 1.24 bits per heavy atom. The lowest BCUT2D eigenvalue weighted by molar-refractivity contribution is 0.0920. The fraction of sp³-hybridized carbons (Fsp3) is 0.588. The van der Waals surface area contributed by atoms with Crippen molar-refractivity contribution in [2.75, 3.05) is 33.1 Å². The molecule has 1 aromatic carbocycles. The SMILES string of the molecule is CCCS(=O)(=O)N1CCC(NC(=O)c2ccc(OC)cc2OC)CC1. The first-order valence-electron chi connectivity index (χ1n) is 8.42. The maximum absolute atomic E-state index is 12.5. The number of sulfonamides is 1. The second-order valence-electron chi connectivity index (χ2n) is 6.03. The van der Waals surface area contributed by atoms with Crippen molar-refractivity contribution in [3.63, 3.8) is 0 Å². The van der Waals surface area contributed by atoms with Gasteiger partial charge in [-0.1, -0.05) is 6.92 Å². The first-order chi connectivity index (χ1) is 11.9. The van der Waals surface area contributed by atoms with E-state index in [0.717, 1.165) is 0 Å². The summed E-state index contributed by atoms with van der Waals surface area (Å²) in [5.41, 5.74) is 0.435. The first kappa shape index (κ1) is 19.5. The van der Waals surface area contributed by atoms with Gasteiger partial charge in [-0.2, -0.15) is 0 Å². The van der Waals surface area contributed by atoms with Gasteiger partial charge in [0.1, 0.15) is 11.5 Å². The molecule has 0 unspecified atom stereocenters. The summed E-state index contributed by atoms with van der Waals surface area (Å²) in [6.45, 7) is 2.73. The predicted octanol–water partition coefficient (Wildman–Crippen LogP) is 1.64. The molecule has 0 aliphatic carbocycles. The molecule has 0 saturated carbocycles. The average molecular weight is 370 g/mol. The van der Waals surface area contributed by atoms with Crippen LogP contribution in [0, 0.1) is 0 Å². The van der Waals surface area contributed by atoms with Gasteiger partial charge in [0.05, 0.1) is 25.5 Å². The van der Waals surface area contributed by atoms with Crippen LogP contribution in [0.4, 0.5) is 0 Å². The van der Waals surface area contributed by atoms with E-state index >= 15 is 0 Å². The van der Waals surface area contributed by atoms with Crippen LogP contribution < -0.4 is 14.8 Å². The van der Waals surface area contributed by atoms with Crippen molar-refractivity contribution in [1.82, 2.24) is 9.62 Å². The minimum absolute atomic E-state index is 0.0487. The minimum atomic E-state index is -3.17. The van der Waals surface area contributed by atoms with Gasteiger partial charge in [0.25, 0.3) is 5.91 Å². The van der Waals surface area contributed by atoms with Gasteiger partial charge >= 0.3 is 0 Å². The average Bonchev–Trinajstić information content (AvgIpc) is 2.61. The lowest BCUT2D eigenvalue weighted by Gasteiger charge is -2.31. The van der Waals surface area contributed by atoms with Crippen LogP contribution in [0.2, 0.25) is 0 Å². The molecule has 1 aromatic rings. The highest BCUT2D eigenvalue weighted by Gasteiger charge is 2.28. The molecular weight excluding hydrogens is 344 g/mol. The smallest absolute Gasteiger partial charge is 0.255 e. The number of hydrogen-bond donors (Lipinski definition) is 1. The molecule has 1 aliphatic rings. The number of hydrogen-bond acceptors (Lipinski definition) is 5. The molecular formula is C17H26N2O5S. The van der Waals surface area contributed by atoms with Gasteiger partial charge in [0.2, 0.25) is 10.0 Å². The number of rotatable bonds is 7. The van der Waals surface area contributed by atoms with Crippen LogP contribution in [0.25, 0.3) is 0 Å². The van der Waals surface area contributed by atoms with Crippen molar-refractivity contribution in [2.45, 2.75) is 32.2 Å². The van der Waals surface area contributed by atoms with E-state index < -0.39 is 10.0 Å². The molecule has 140 valence electrons. The second-order valence-corrected chi connectivity index (χ2v) is 8.12. The Balaban J connectivity index is 1.97. The lowest BCUT2D eigenvalue weighted by Crippen LogP contribution is -2.47. The summed E-state index contributed by atoms with van der Waals surface area (Å²) in [4.78, 5) is 12.5. The molecule has 0 atom stereocenters. The van der Waals surface area contributed by atoms with E-state index in [-0.39, 0.29) is 17.7 Å². The van der Waals surface area contributed by atoms with Crippen molar-refractivity contribution in [2.24, 2.45) is 0 Å². The molecule has 0 radical (unpaired) electrons. The standard InChI is InChI=1S/C17H26N2O5S/c1-4-11-25(21,22)19-9-7-13(8-10-19)18-17(20)15-6-5-14(23-2)12-16(15)24-3/h5-6,12-13H,4,7-11H2,1-3H3,(H,18,20). The van der Waals surface area contributed by atoms with Crippen LogP contribution >= 0.6 is 0 Å². The number of carbonyl (C=O) groups excluding carboxylic acids is 1. The van der Waals surface area contributed by atoms with Crippen molar-refractivity contribution >= 4 is 15.9 Å². The monoisotopic (exact) mass is 370 g/mol. The van der Waals surface area contributed by atoms with Gasteiger partial charge in [-0.05, 0) is 31.4 Å². The van der Waals surface area contributed by atoms with E-state index in [2.05, 4.69) is 5.32 Å². The largest absolute Gasteiger partial charge is 0.497 e. The number of carbonyl (C=O) groups is 1. The van der Waals surface area contributed by atoms with E-state index in [9.17, 15) is 13.2 Å². The Bertz CT molecular complexity index is 697. The van der Waals surface area contributed by atoms with E-state index in [0.29, 0.717) is 49.4 Å². The highest BCUT2D eigenvalue weighted by molar-refractivity contribution is 7.89. The lowest BCUT2D eigenvalue weighted by atomic mass is 10.1. The van der Waals surface area contributed by atoms with Crippen molar-refractivity contribution in [3.8, 4) is 11.5 Å². The van der Waals surface area contributed by atoms with Crippen LogP contribution in [-0.2, 0) is 10.0 Å². The molecule has 25 heavy (non-hydrogen) atoms. The number of methoxy groups -OCH3 is 2. The maximum Gasteiger partial charge on any atom is 0.255 e. The molecule has 1 amide bonds. The van der Waals surface area contributed by atoms with E-state index in [1.165, 1.54) is 11.4 Å². The van der Waals surface area contributed by atoms with Gasteiger partial charge in [0.15, 0.2) is 0 Å². The van der Waals surface area contributed by atoms with E-state index in [1.807, 2.05) is 6.92 Å².